The van der Waals surface area contributed by atoms with Gasteiger partial charge in [-0.2, -0.15) is 8.78 Å². The van der Waals surface area contributed by atoms with Gasteiger partial charge in [0.15, 0.2) is 0 Å². The van der Waals surface area contributed by atoms with E-state index in [0.29, 0.717) is 24.3 Å². The van der Waals surface area contributed by atoms with E-state index >= 15 is 0 Å². The van der Waals surface area contributed by atoms with Crippen molar-refractivity contribution >= 4 is 12.4 Å². The van der Waals surface area contributed by atoms with Gasteiger partial charge >= 0.3 is 6.61 Å². The third-order valence-electron chi connectivity index (χ3n) is 2.79. The monoisotopic (exact) mass is 266 g/mol. The molecule has 2 heterocycles. The number of fused-ring (bicyclic) bond motifs is 1. The van der Waals surface area contributed by atoms with Crippen LogP contribution in [0.15, 0.2) is 4.79 Å². The molecule has 0 spiro atoms. The first kappa shape index (κ1) is 13.9. The van der Waals surface area contributed by atoms with Crippen LogP contribution in [0.4, 0.5) is 8.78 Å². The molecule has 1 aromatic heterocycles. The maximum atomic E-state index is 12.2. The second kappa shape index (κ2) is 5.01. The molecule has 0 aromatic carbocycles. The van der Waals surface area contributed by atoms with Gasteiger partial charge in [-0.1, -0.05) is 0 Å². The van der Waals surface area contributed by atoms with Crippen molar-refractivity contribution in [1.82, 2.24) is 9.88 Å². The molecule has 1 aliphatic rings. The Bertz CT molecular complexity index is 488. The van der Waals surface area contributed by atoms with Gasteiger partial charge in [-0.3, -0.25) is 4.79 Å². The van der Waals surface area contributed by atoms with Crippen molar-refractivity contribution in [3.63, 3.8) is 0 Å². The fourth-order valence-electron chi connectivity index (χ4n) is 1.99. The van der Waals surface area contributed by atoms with Crippen LogP contribution in [0, 0.1) is 6.92 Å². The molecule has 0 amide bonds. The summed E-state index contributed by atoms with van der Waals surface area (Å²) >= 11 is 0. The molecule has 1 aliphatic heterocycles. The van der Waals surface area contributed by atoms with Gasteiger partial charge in [0, 0.05) is 31.4 Å². The Kier molecular flexibility index (Phi) is 4.11. The van der Waals surface area contributed by atoms with Crippen molar-refractivity contribution in [2.75, 3.05) is 0 Å². The molecule has 1 aromatic rings. The van der Waals surface area contributed by atoms with E-state index in [0.717, 1.165) is 0 Å². The van der Waals surface area contributed by atoms with Crippen molar-refractivity contribution in [2.45, 2.75) is 26.6 Å². The topological polar surface area (TPSA) is 43.3 Å². The molecule has 1 N–H and O–H groups in total. The third-order valence-corrected chi connectivity index (χ3v) is 2.79. The standard InChI is InChI=1S/C10H12F2N2O2.ClH/c1-5-8(16-10(11)12)6-3-13-4-7(6)14(2)9(5)15;/h10,13H,3-4H2,1-2H3;1H. The van der Waals surface area contributed by atoms with E-state index in [1.54, 1.807) is 7.05 Å². The quantitative estimate of drug-likeness (QED) is 0.878. The second-order valence-electron chi connectivity index (χ2n) is 3.73. The van der Waals surface area contributed by atoms with E-state index in [1.807, 2.05) is 0 Å². The first-order chi connectivity index (χ1) is 7.52. The smallest absolute Gasteiger partial charge is 0.387 e. The predicted octanol–water partition coefficient (Wildman–Crippen LogP) is 1.32. The number of aromatic nitrogens is 1. The molecule has 0 bridgehead atoms. The van der Waals surface area contributed by atoms with Crippen LogP contribution in [0.25, 0.3) is 0 Å². The maximum absolute atomic E-state index is 12.2. The van der Waals surface area contributed by atoms with Crippen LogP contribution in [0.5, 0.6) is 5.75 Å². The molecule has 7 heteroatoms. The Labute approximate surface area is 103 Å². The first-order valence-electron chi connectivity index (χ1n) is 4.89. The normalized spacial score (nSPS) is 13.5. The predicted molar refractivity (Wildman–Crippen MR) is 60.8 cm³/mol. The minimum Gasteiger partial charge on any atom is -0.434 e. The minimum absolute atomic E-state index is 0. The molecule has 96 valence electrons. The Morgan fingerprint density at radius 1 is 1.41 bits per heavy atom. The van der Waals surface area contributed by atoms with Gasteiger partial charge in [-0.05, 0) is 6.92 Å². The molecule has 4 nitrogen and oxygen atoms in total. The van der Waals surface area contributed by atoms with Gasteiger partial charge in [-0.15, -0.1) is 12.4 Å². The molecule has 2 rings (SSSR count). The van der Waals surface area contributed by atoms with E-state index in [2.05, 4.69) is 10.1 Å². The van der Waals surface area contributed by atoms with Crippen LogP contribution in [0.3, 0.4) is 0 Å². The Morgan fingerprint density at radius 3 is 2.65 bits per heavy atom. The lowest BCUT2D eigenvalue weighted by Gasteiger charge is -2.14. The molecule has 0 radical (unpaired) electrons. The molecule has 17 heavy (non-hydrogen) atoms. The van der Waals surface area contributed by atoms with E-state index in [1.165, 1.54) is 11.5 Å². The molecular weight excluding hydrogens is 254 g/mol. The lowest BCUT2D eigenvalue weighted by molar-refractivity contribution is -0.0510. The highest BCUT2D eigenvalue weighted by atomic mass is 35.5. The number of halogens is 3. The third kappa shape index (κ3) is 2.28. The van der Waals surface area contributed by atoms with Crippen molar-refractivity contribution in [3.05, 3.63) is 27.2 Å². The van der Waals surface area contributed by atoms with Crippen LogP contribution in [-0.2, 0) is 20.1 Å². The molecule has 0 saturated carbocycles. The highest BCUT2D eigenvalue weighted by Crippen LogP contribution is 2.28. The number of hydrogen-bond donors (Lipinski definition) is 1. The van der Waals surface area contributed by atoms with E-state index in [4.69, 9.17) is 0 Å². The lowest BCUT2D eigenvalue weighted by Crippen LogP contribution is -2.25. The number of pyridine rings is 1. The van der Waals surface area contributed by atoms with Crippen LogP contribution in [0.2, 0.25) is 0 Å². The summed E-state index contributed by atoms with van der Waals surface area (Å²) in [5.74, 6) is 0.0260. The number of nitrogens with one attached hydrogen (secondary N) is 1. The zero-order valence-electron chi connectivity index (χ0n) is 9.42. The minimum atomic E-state index is -2.91. The van der Waals surface area contributed by atoms with Gasteiger partial charge < -0.3 is 14.6 Å². The maximum Gasteiger partial charge on any atom is 0.387 e. The van der Waals surface area contributed by atoms with Gasteiger partial charge in [0.25, 0.3) is 5.56 Å². The fourth-order valence-corrected chi connectivity index (χ4v) is 1.99. The van der Waals surface area contributed by atoms with Gasteiger partial charge in [-0.25, -0.2) is 0 Å². The zero-order chi connectivity index (χ0) is 11.9. The summed E-state index contributed by atoms with van der Waals surface area (Å²) in [5.41, 5.74) is 1.30. The van der Waals surface area contributed by atoms with E-state index in [-0.39, 0.29) is 29.3 Å². The average molecular weight is 267 g/mol. The molecule has 0 aliphatic carbocycles. The van der Waals surface area contributed by atoms with E-state index < -0.39 is 6.61 Å². The number of hydrogen-bond acceptors (Lipinski definition) is 3. The number of alkyl halides is 2. The molecule has 0 unspecified atom stereocenters. The van der Waals surface area contributed by atoms with Crippen molar-refractivity contribution in [3.8, 4) is 5.75 Å². The van der Waals surface area contributed by atoms with Gasteiger partial charge in [0.05, 0.1) is 5.56 Å². The number of nitrogens with zero attached hydrogens (tertiary/aromatic N) is 1. The van der Waals surface area contributed by atoms with Crippen LogP contribution < -0.4 is 15.6 Å². The number of rotatable bonds is 2. The second-order valence-corrected chi connectivity index (χ2v) is 3.73. The molecule has 0 saturated heterocycles. The van der Waals surface area contributed by atoms with E-state index in [9.17, 15) is 13.6 Å². The summed E-state index contributed by atoms with van der Waals surface area (Å²) in [6.45, 7) is -0.457. The van der Waals surface area contributed by atoms with Gasteiger partial charge in [0.2, 0.25) is 0 Å². The lowest BCUT2D eigenvalue weighted by atomic mass is 10.1. The highest BCUT2D eigenvalue weighted by Gasteiger charge is 2.24. The van der Waals surface area contributed by atoms with Gasteiger partial charge in [0.1, 0.15) is 5.75 Å². The summed E-state index contributed by atoms with van der Waals surface area (Å²) in [4.78, 5) is 11.7. The van der Waals surface area contributed by atoms with Crippen LogP contribution in [-0.4, -0.2) is 11.2 Å². The summed E-state index contributed by atoms with van der Waals surface area (Å²) in [6, 6.07) is 0. The van der Waals surface area contributed by atoms with Crippen molar-refractivity contribution in [2.24, 2.45) is 7.05 Å². The zero-order valence-corrected chi connectivity index (χ0v) is 10.2. The van der Waals surface area contributed by atoms with Crippen LogP contribution in [0.1, 0.15) is 16.8 Å². The Hall–Kier alpha value is -1.14. The summed E-state index contributed by atoms with van der Waals surface area (Å²) in [5, 5.41) is 3.01. The SMILES string of the molecule is Cc1c(OC(F)F)c2c(n(C)c1=O)CNC2.Cl. The summed E-state index contributed by atoms with van der Waals surface area (Å²) in [7, 11) is 1.63. The Balaban J connectivity index is 0.00000144. The summed E-state index contributed by atoms with van der Waals surface area (Å²) < 4.78 is 30.4. The molecule has 0 fully saturated rings. The highest BCUT2D eigenvalue weighted by molar-refractivity contribution is 5.85. The van der Waals surface area contributed by atoms with Crippen molar-refractivity contribution < 1.29 is 13.5 Å². The molecular formula is C10H13ClF2N2O2. The number of ether oxygens (including phenoxy) is 1. The fraction of sp³-hybridized carbons (Fsp3) is 0.500. The van der Waals surface area contributed by atoms with Crippen molar-refractivity contribution in [1.29, 1.82) is 0 Å². The first-order valence-corrected chi connectivity index (χ1v) is 4.89. The Morgan fingerprint density at radius 2 is 2.06 bits per heavy atom. The largest absolute Gasteiger partial charge is 0.434 e. The molecule has 0 atom stereocenters. The van der Waals surface area contributed by atoms with Crippen LogP contribution >= 0.6 is 12.4 Å². The summed E-state index contributed by atoms with van der Waals surface area (Å²) in [6.07, 6.45) is 0. The average Bonchev–Trinajstić information content (AvgIpc) is 2.69.